The van der Waals surface area contributed by atoms with Gasteiger partial charge in [0, 0.05) is 19.5 Å². The van der Waals surface area contributed by atoms with Crippen LogP contribution in [0.1, 0.15) is 35.9 Å². The number of aryl methyl sites for hydroxylation is 2. The van der Waals surface area contributed by atoms with Crippen molar-refractivity contribution in [1.82, 2.24) is 20.1 Å². The van der Waals surface area contributed by atoms with Crippen LogP contribution in [0.25, 0.3) is 0 Å². The Morgan fingerprint density at radius 2 is 1.70 bits per heavy atom. The van der Waals surface area contributed by atoms with Crippen molar-refractivity contribution in [3.05, 3.63) is 65.6 Å². The fourth-order valence-corrected chi connectivity index (χ4v) is 5.19. The van der Waals surface area contributed by atoms with E-state index < -0.39 is 27.7 Å². The topological polar surface area (TPSA) is 140 Å². The van der Waals surface area contributed by atoms with E-state index in [-0.39, 0.29) is 5.82 Å². The minimum absolute atomic E-state index is 0.261. The fraction of sp³-hybridized carbons (Fsp3) is 0.375. The number of nitrogens with zero attached hydrogens (tertiary/aromatic N) is 4. The molecule has 2 N–H and O–H groups in total. The highest BCUT2D eigenvalue weighted by Crippen LogP contribution is 2.40. The first-order chi connectivity index (χ1) is 17.7. The lowest BCUT2D eigenvalue weighted by atomic mass is 10.2. The molecule has 3 atom stereocenters. The quantitative estimate of drug-likeness (QED) is 0.402. The Labute approximate surface area is 215 Å². The molecule has 0 radical (unpaired) electrons. The minimum Gasteiger partial charge on any atom is -0.494 e. The van der Waals surface area contributed by atoms with E-state index >= 15 is 0 Å². The number of sulfonamides is 1. The summed E-state index contributed by atoms with van der Waals surface area (Å²) in [4.78, 5) is 10.1. The van der Waals surface area contributed by atoms with Gasteiger partial charge in [0.2, 0.25) is 10.0 Å². The smallest absolute Gasteiger partial charge is 0.220 e. The molecule has 0 saturated carbocycles. The average Bonchev–Trinajstić information content (AvgIpc) is 3.50. The largest absolute Gasteiger partial charge is 0.494 e. The van der Waals surface area contributed by atoms with Crippen molar-refractivity contribution in [2.45, 2.75) is 38.4 Å². The van der Waals surface area contributed by atoms with E-state index in [1.54, 1.807) is 54.5 Å². The summed E-state index contributed by atoms with van der Waals surface area (Å²) < 4.78 is 52.4. The van der Waals surface area contributed by atoms with E-state index in [2.05, 4.69) is 25.2 Å². The summed E-state index contributed by atoms with van der Waals surface area (Å²) in [6.45, 7) is 5.18. The molecule has 1 unspecified atom stereocenters. The molecule has 198 valence electrons. The monoisotopic (exact) mass is 530 g/mol. The zero-order valence-corrected chi connectivity index (χ0v) is 22.2. The van der Waals surface area contributed by atoms with Gasteiger partial charge in [0.15, 0.2) is 23.7 Å². The number of aromatic nitrogens is 2. The van der Waals surface area contributed by atoms with Gasteiger partial charge in [-0.15, -0.1) is 0 Å². The highest BCUT2D eigenvalue weighted by Gasteiger charge is 2.41. The number of benzene rings is 1. The summed E-state index contributed by atoms with van der Waals surface area (Å²) in [5, 5.41) is 3.33. The van der Waals surface area contributed by atoms with Crippen molar-refractivity contribution in [2.24, 2.45) is 5.10 Å². The Morgan fingerprint density at radius 3 is 2.24 bits per heavy atom. The molecule has 0 spiro atoms. The summed E-state index contributed by atoms with van der Waals surface area (Å²) in [5.74, 6) is 2.58. The van der Waals surface area contributed by atoms with Crippen LogP contribution in [-0.2, 0) is 14.8 Å². The maximum absolute atomic E-state index is 13.6. The second kappa shape index (κ2) is 10.7. The molecule has 1 aliphatic rings. The SMILES string of the molecule is COc1cccc(OC)c1N1C(c2ccc(C)o2)=NNC1NS(=O)(=O)[C@@H](C)[C@@H](OC)c1ncc(C)cn1. The number of hydrogen-bond acceptors (Lipinski definition) is 11. The lowest BCUT2D eigenvalue weighted by Gasteiger charge is -2.31. The Morgan fingerprint density at radius 1 is 1.05 bits per heavy atom. The average molecular weight is 531 g/mol. The van der Waals surface area contributed by atoms with E-state index in [1.165, 1.54) is 28.3 Å². The molecule has 37 heavy (non-hydrogen) atoms. The van der Waals surface area contributed by atoms with E-state index in [4.69, 9.17) is 18.6 Å². The van der Waals surface area contributed by atoms with Gasteiger partial charge in [0.1, 0.15) is 34.3 Å². The van der Waals surface area contributed by atoms with Crippen molar-refractivity contribution in [3.63, 3.8) is 0 Å². The van der Waals surface area contributed by atoms with E-state index in [9.17, 15) is 8.42 Å². The summed E-state index contributed by atoms with van der Waals surface area (Å²) in [6, 6.07) is 8.79. The Kier molecular flexibility index (Phi) is 7.66. The number of hydrazone groups is 1. The molecular formula is C24H30N6O6S. The van der Waals surface area contributed by atoms with Crippen molar-refractivity contribution in [1.29, 1.82) is 0 Å². The Hall–Kier alpha value is -3.68. The van der Waals surface area contributed by atoms with Gasteiger partial charge in [0.05, 0.1) is 14.2 Å². The standard InChI is InChI=1S/C24H30N6O6S/c1-14-12-25-22(26-13-14)21(35-6)16(3)37(31,32)29-24-28-27-23(19-11-10-15(2)36-19)30(24)20-17(33-4)8-7-9-18(20)34-5/h7-13,16,21,24,28-29H,1-6H3/t16-,21+,24?/m0/s1. The molecule has 0 bridgehead atoms. The van der Waals surface area contributed by atoms with Crippen molar-refractivity contribution < 1.29 is 27.0 Å². The minimum atomic E-state index is -4.04. The number of methoxy groups -OCH3 is 3. The van der Waals surface area contributed by atoms with Gasteiger partial charge in [-0.05, 0) is 50.6 Å². The van der Waals surface area contributed by atoms with Crippen molar-refractivity contribution in [3.8, 4) is 11.5 Å². The van der Waals surface area contributed by atoms with E-state index in [1.807, 2.05) is 6.92 Å². The second-order valence-electron chi connectivity index (χ2n) is 8.40. The second-order valence-corrected chi connectivity index (χ2v) is 10.5. The van der Waals surface area contributed by atoms with Crippen LogP contribution >= 0.6 is 0 Å². The van der Waals surface area contributed by atoms with E-state index in [0.29, 0.717) is 34.5 Å². The van der Waals surface area contributed by atoms with E-state index in [0.717, 1.165) is 5.56 Å². The first-order valence-corrected chi connectivity index (χ1v) is 13.0. The molecule has 4 rings (SSSR count). The van der Waals surface area contributed by atoms with Gasteiger partial charge in [0.25, 0.3) is 0 Å². The van der Waals surface area contributed by atoms with Crippen LogP contribution in [0.2, 0.25) is 0 Å². The third-order valence-electron chi connectivity index (χ3n) is 5.88. The van der Waals surface area contributed by atoms with Crippen LogP contribution in [0.15, 0.2) is 52.2 Å². The molecule has 3 heterocycles. The predicted molar refractivity (Wildman–Crippen MR) is 137 cm³/mol. The van der Waals surface area contributed by atoms with Crippen LogP contribution in [0.5, 0.6) is 11.5 Å². The number of rotatable bonds is 10. The molecular weight excluding hydrogens is 500 g/mol. The Balaban J connectivity index is 1.72. The number of anilines is 1. The maximum atomic E-state index is 13.6. The van der Waals surface area contributed by atoms with Crippen LogP contribution in [0.4, 0.5) is 5.69 Å². The van der Waals surface area contributed by atoms with Gasteiger partial charge >= 0.3 is 0 Å². The van der Waals surface area contributed by atoms with Gasteiger partial charge in [-0.25, -0.2) is 18.4 Å². The number of nitrogens with one attached hydrogen (secondary N) is 2. The molecule has 1 aliphatic heterocycles. The Bertz CT molecular complexity index is 1350. The zero-order valence-electron chi connectivity index (χ0n) is 21.4. The highest BCUT2D eigenvalue weighted by molar-refractivity contribution is 7.90. The normalized spacial score (nSPS) is 17.2. The molecule has 0 saturated heterocycles. The third kappa shape index (κ3) is 5.24. The first kappa shape index (κ1) is 26.4. The number of ether oxygens (including phenoxy) is 3. The summed E-state index contributed by atoms with van der Waals surface area (Å²) in [6.07, 6.45) is 1.26. The van der Waals surface area contributed by atoms with Gasteiger partial charge in [-0.3, -0.25) is 10.3 Å². The molecule has 12 nitrogen and oxygen atoms in total. The molecule has 3 aromatic rings. The number of para-hydroxylation sites is 1. The van der Waals surface area contributed by atoms with Gasteiger partial charge in [-0.2, -0.15) is 9.82 Å². The molecule has 2 aromatic heterocycles. The maximum Gasteiger partial charge on any atom is 0.220 e. The first-order valence-electron chi connectivity index (χ1n) is 11.4. The fourth-order valence-electron chi connectivity index (χ4n) is 3.95. The van der Waals surface area contributed by atoms with Crippen LogP contribution < -0.4 is 24.5 Å². The third-order valence-corrected chi connectivity index (χ3v) is 7.66. The molecule has 13 heteroatoms. The number of amidine groups is 1. The predicted octanol–water partition coefficient (Wildman–Crippen LogP) is 2.45. The lowest BCUT2D eigenvalue weighted by Crippen LogP contribution is -2.55. The summed E-state index contributed by atoms with van der Waals surface area (Å²) in [5.41, 5.74) is 4.16. The van der Waals surface area contributed by atoms with Gasteiger partial charge in [-0.1, -0.05) is 6.07 Å². The van der Waals surface area contributed by atoms with Crippen molar-refractivity contribution in [2.75, 3.05) is 26.2 Å². The van der Waals surface area contributed by atoms with Crippen LogP contribution in [-0.4, -0.2) is 57.1 Å². The zero-order chi connectivity index (χ0) is 26.7. The van der Waals surface area contributed by atoms with Crippen LogP contribution in [0.3, 0.4) is 0 Å². The summed E-state index contributed by atoms with van der Waals surface area (Å²) in [7, 11) is 0.409. The molecule has 0 fully saturated rings. The molecule has 0 amide bonds. The number of hydrogen-bond donors (Lipinski definition) is 2. The van der Waals surface area contributed by atoms with Crippen molar-refractivity contribution >= 4 is 21.5 Å². The van der Waals surface area contributed by atoms with Gasteiger partial charge < -0.3 is 18.6 Å². The molecule has 1 aromatic carbocycles. The highest BCUT2D eigenvalue weighted by atomic mass is 32.2. The number of furan rings is 1. The molecule has 0 aliphatic carbocycles. The summed E-state index contributed by atoms with van der Waals surface area (Å²) >= 11 is 0. The van der Waals surface area contributed by atoms with Crippen LogP contribution in [0, 0.1) is 13.8 Å². The lowest BCUT2D eigenvalue weighted by molar-refractivity contribution is 0.0944.